The molecule has 0 aliphatic carbocycles. The van der Waals surface area contributed by atoms with Gasteiger partial charge in [-0.25, -0.2) is 12.7 Å². The van der Waals surface area contributed by atoms with Gasteiger partial charge in [-0.2, -0.15) is 0 Å². The highest BCUT2D eigenvalue weighted by Gasteiger charge is 2.12. The molecule has 158 valence electrons. The third kappa shape index (κ3) is 8.13. The molecule has 0 radical (unpaired) electrons. The molecular formula is C21H28N2O5S. The fourth-order valence-corrected chi connectivity index (χ4v) is 2.81. The Morgan fingerprint density at radius 1 is 1.03 bits per heavy atom. The number of nitrogens with one attached hydrogen (secondary N) is 1. The standard InChI is InChI=1S/C21H28N2O5S/c1-16-5-9-19(10-6-16)27-14-17(2)22-21(24)15-28-20-11-7-18(8-12-20)13-23(3)29(4,25)26/h5-12,17H,13-15H2,1-4H3,(H,22,24). The van der Waals surface area contributed by atoms with Crippen molar-refractivity contribution < 1.29 is 22.7 Å². The first-order valence-corrected chi connectivity index (χ1v) is 11.1. The van der Waals surface area contributed by atoms with E-state index in [1.807, 2.05) is 38.1 Å². The van der Waals surface area contributed by atoms with Crippen LogP contribution in [0.2, 0.25) is 0 Å². The van der Waals surface area contributed by atoms with Gasteiger partial charge in [-0.15, -0.1) is 0 Å². The number of aryl methyl sites for hydroxylation is 1. The first kappa shape index (κ1) is 22.7. The molecule has 1 atom stereocenters. The van der Waals surface area contributed by atoms with Gasteiger partial charge >= 0.3 is 0 Å². The third-order valence-electron chi connectivity index (χ3n) is 4.19. The number of carbonyl (C=O) groups excluding carboxylic acids is 1. The predicted molar refractivity (Wildman–Crippen MR) is 113 cm³/mol. The molecule has 1 unspecified atom stereocenters. The van der Waals surface area contributed by atoms with Gasteiger partial charge in [-0.1, -0.05) is 29.8 Å². The Labute approximate surface area is 172 Å². The number of hydrogen-bond donors (Lipinski definition) is 1. The number of sulfonamides is 1. The maximum Gasteiger partial charge on any atom is 0.258 e. The van der Waals surface area contributed by atoms with Crippen molar-refractivity contribution in [2.45, 2.75) is 26.4 Å². The Hall–Kier alpha value is -2.58. The van der Waals surface area contributed by atoms with Crippen molar-refractivity contribution in [1.82, 2.24) is 9.62 Å². The van der Waals surface area contributed by atoms with Crippen LogP contribution in [0.1, 0.15) is 18.1 Å². The number of amides is 1. The summed E-state index contributed by atoms with van der Waals surface area (Å²) >= 11 is 0. The molecule has 0 aliphatic rings. The van der Waals surface area contributed by atoms with Crippen molar-refractivity contribution in [3.05, 3.63) is 59.7 Å². The minimum absolute atomic E-state index is 0.114. The second kappa shape index (κ2) is 10.3. The quantitative estimate of drug-likeness (QED) is 0.638. The van der Waals surface area contributed by atoms with Gasteiger partial charge < -0.3 is 14.8 Å². The zero-order valence-corrected chi connectivity index (χ0v) is 18.0. The Morgan fingerprint density at radius 3 is 2.17 bits per heavy atom. The van der Waals surface area contributed by atoms with E-state index in [0.29, 0.717) is 12.4 Å². The summed E-state index contributed by atoms with van der Waals surface area (Å²) < 4.78 is 35.3. The molecule has 0 bridgehead atoms. The van der Waals surface area contributed by atoms with Crippen LogP contribution < -0.4 is 14.8 Å². The lowest BCUT2D eigenvalue weighted by Gasteiger charge is -2.16. The number of carbonyl (C=O) groups is 1. The Morgan fingerprint density at radius 2 is 1.59 bits per heavy atom. The molecule has 0 aromatic heterocycles. The van der Waals surface area contributed by atoms with Crippen molar-refractivity contribution >= 4 is 15.9 Å². The molecule has 0 heterocycles. The highest BCUT2D eigenvalue weighted by atomic mass is 32.2. The normalized spacial score (nSPS) is 12.4. The largest absolute Gasteiger partial charge is 0.491 e. The van der Waals surface area contributed by atoms with Crippen molar-refractivity contribution in [3.8, 4) is 11.5 Å². The number of hydrogen-bond acceptors (Lipinski definition) is 5. The molecule has 2 aromatic carbocycles. The Balaban J connectivity index is 1.73. The molecule has 0 saturated heterocycles. The van der Waals surface area contributed by atoms with Gasteiger partial charge in [0.2, 0.25) is 10.0 Å². The minimum Gasteiger partial charge on any atom is -0.491 e. The molecule has 0 saturated carbocycles. The molecule has 2 rings (SSSR count). The fraction of sp³-hybridized carbons (Fsp3) is 0.381. The number of benzene rings is 2. The zero-order valence-electron chi connectivity index (χ0n) is 17.2. The minimum atomic E-state index is -3.23. The average molecular weight is 421 g/mol. The predicted octanol–water partition coefficient (Wildman–Crippen LogP) is 2.35. The van der Waals surface area contributed by atoms with Crippen molar-refractivity contribution in [1.29, 1.82) is 0 Å². The number of nitrogens with zero attached hydrogens (tertiary/aromatic N) is 1. The summed E-state index contributed by atoms with van der Waals surface area (Å²) in [5, 5.41) is 2.82. The van der Waals surface area contributed by atoms with Crippen LogP contribution in [-0.4, -0.2) is 51.2 Å². The summed E-state index contributed by atoms with van der Waals surface area (Å²) in [5.74, 6) is 1.05. The van der Waals surface area contributed by atoms with Crippen molar-refractivity contribution in [3.63, 3.8) is 0 Å². The molecule has 2 aromatic rings. The van der Waals surface area contributed by atoms with Gasteiger partial charge in [-0.05, 0) is 43.7 Å². The van der Waals surface area contributed by atoms with Crippen LogP contribution in [0.5, 0.6) is 11.5 Å². The lowest BCUT2D eigenvalue weighted by atomic mass is 10.2. The summed E-state index contributed by atoms with van der Waals surface area (Å²) in [6.45, 7) is 4.39. The SMILES string of the molecule is Cc1ccc(OCC(C)NC(=O)COc2ccc(CN(C)S(C)(=O)=O)cc2)cc1. The van der Waals surface area contributed by atoms with Gasteiger partial charge in [0.05, 0.1) is 12.3 Å². The fourth-order valence-electron chi connectivity index (χ4n) is 2.43. The van der Waals surface area contributed by atoms with E-state index in [4.69, 9.17) is 9.47 Å². The van der Waals surface area contributed by atoms with Gasteiger partial charge in [0, 0.05) is 13.6 Å². The summed E-state index contributed by atoms with van der Waals surface area (Å²) in [6, 6.07) is 14.5. The second-order valence-corrected chi connectivity index (χ2v) is 9.13. The third-order valence-corrected chi connectivity index (χ3v) is 5.45. The molecule has 1 amide bonds. The molecule has 0 spiro atoms. The van der Waals surface area contributed by atoms with Crippen LogP contribution in [0, 0.1) is 6.92 Å². The molecule has 29 heavy (non-hydrogen) atoms. The first-order chi connectivity index (χ1) is 13.6. The molecule has 7 nitrogen and oxygen atoms in total. The van der Waals surface area contributed by atoms with E-state index >= 15 is 0 Å². The molecule has 0 fully saturated rings. The lowest BCUT2D eigenvalue weighted by molar-refractivity contribution is -0.123. The van der Waals surface area contributed by atoms with E-state index in [1.54, 1.807) is 24.3 Å². The van der Waals surface area contributed by atoms with E-state index < -0.39 is 10.0 Å². The number of ether oxygens (including phenoxy) is 2. The van der Waals surface area contributed by atoms with Crippen LogP contribution in [0.25, 0.3) is 0 Å². The summed E-state index contributed by atoms with van der Waals surface area (Å²) in [5.41, 5.74) is 1.99. The van der Waals surface area contributed by atoms with Crippen molar-refractivity contribution in [2.75, 3.05) is 26.5 Å². The van der Waals surface area contributed by atoms with Gasteiger partial charge in [-0.3, -0.25) is 4.79 Å². The first-order valence-electron chi connectivity index (χ1n) is 9.25. The smallest absolute Gasteiger partial charge is 0.258 e. The van der Waals surface area contributed by atoms with Crippen LogP contribution >= 0.6 is 0 Å². The second-order valence-electron chi connectivity index (χ2n) is 7.04. The van der Waals surface area contributed by atoms with Gasteiger partial charge in [0.15, 0.2) is 6.61 Å². The van der Waals surface area contributed by atoms with Crippen LogP contribution in [0.4, 0.5) is 0 Å². The summed E-state index contributed by atoms with van der Waals surface area (Å²) in [6.07, 6.45) is 1.16. The van der Waals surface area contributed by atoms with Crippen molar-refractivity contribution in [2.24, 2.45) is 0 Å². The maximum absolute atomic E-state index is 12.0. The molecular weight excluding hydrogens is 392 g/mol. The van der Waals surface area contributed by atoms with Crippen LogP contribution in [0.3, 0.4) is 0 Å². The zero-order chi connectivity index (χ0) is 21.4. The highest BCUT2D eigenvalue weighted by molar-refractivity contribution is 7.88. The molecule has 8 heteroatoms. The topological polar surface area (TPSA) is 84.9 Å². The lowest BCUT2D eigenvalue weighted by Crippen LogP contribution is -2.39. The molecule has 1 N–H and O–H groups in total. The summed E-state index contributed by atoms with van der Waals surface area (Å²) in [4.78, 5) is 12.0. The Kier molecular flexibility index (Phi) is 8.04. The van der Waals surface area contributed by atoms with Gasteiger partial charge in [0.25, 0.3) is 5.91 Å². The molecule has 0 aliphatic heterocycles. The van der Waals surface area contributed by atoms with E-state index in [1.165, 1.54) is 11.4 Å². The van der Waals surface area contributed by atoms with Crippen LogP contribution in [0.15, 0.2) is 48.5 Å². The summed E-state index contributed by atoms with van der Waals surface area (Å²) in [7, 11) is -1.71. The maximum atomic E-state index is 12.0. The monoisotopic (exact) mass is 420 g/mol. The van der Waals surface area contributed by atoms with E-state index in [-0.39, 0.29) is 25.1 Å². The highest BCUT2D eigenvalue weighted by Crippen LogP contribution is 2.14. The van der Waals surface area contributed by atoms with E-state index in [9.17, 15) is 13.2 Å². The van der Waals surface area contributed by atoms with Crippen LogP contribution in [-0.2, 0) is 21.4 Å². The number of rotatable bonds is 10. The Bertz CT molecular complexity index is 896. The van der Waals surface area contributed by atoms with E-state index in [0.717, 1.165) is 23.1 Å². The van der Waals surface area contributed by atoms with Gasteiger partial charge in [0.1, 0.15) is 18.1 Å². The average Bonchev–Trinajstić information content (AvgIpc) is 2.66. The van der Waals surface area contributed by atoms with E-state index in [2.05, 4.69) is 5.32 Å².